The molecule has 0 saturated carbocycles. The minimum atomic E-state index is -0.810. The SMILES string of the molecule is CCC=CCC=CCC=CCC=CCC=CCC=CCCC(=O)OC[C@H](CO)OC(=O)CCCCCCCC=CCCCCCCCC. The van der Waals surface area contributed by atoms with E-state index < -0.39 is 6.10 Å². The second kappa shape index (κ2) is 38.5. The molecule has 0 saturated heterocycles. The molecule has 1 N–H and O–H groups in total. The van der Waals surface area contributed by atoms with Gasteiger partial charge in [0.05, 0.1) is 6.61 Å². The first-order valence-corrected chi connectivity index (χ1v) is 19.1. The number of carbonyl (C=O) groups is 2. The van der Waals surface area contributed by atoms with E-state index in [-0.39, 0.29) is 31.6 Å². The third-order valence-electron chi connectivity index (χ3n) is 7.69. The van der Waals surface area contributed by atoms with Crippen LogP contribution in [0.5, 0.6) is 0 Å². The van der Waals surface area contributed by atoms with Crippen molar-refractivity contribution in [3.63, 3.8) is 0 Å². The van der Waals surface area contributed by atoms with E-state index >= 15 is 0 Å². The molecular weight excluding hydrogens is 596 g/mol. The maximum Gasteiger partial charge on any atom is 0.306 e. The first kappa shape index (κ1) is 45.1. The molecule has 48 heavy (non-hydrogen) atoms. The van der Waals surface area contributed by atoms with Crippen LogP contribution in [0.4, 0.5) is 0 Å². The molecular formula is C43H70O5. The van der Waals surface area contributed by atoms with Gasteiger partial charge in [-0.15, -0.1) is 0 Å². The summed E-state index contributed by atoms with van der Waals surface area (Å²) < 4.78 is 10.5. The molecule has 1 atom stereocenters. The van der Waals surface area contributed by atoms with Gasteiger partial charge < -0.3 is 14.6 Å². The number of ether oxygens (including phenoxy) is 2. The quantitative estimate of drug-likeness (QED) is 0.0429. The Bertz CT molecular complexity index is 937. The molecule has 0 radical (unpaired) electrons. The number of aliphatic hydroxyl groups is 1. The molecule has 0 unspecified atom stereocenters. The third-order valence-corrected chi connectivity index (χ3v) is 7.69. The Morgan fingerprint density at radius 1 is 0.500 bits per heavy atom. The van der Waals surface area contributed by atoms with Gasteiger partial charge in [-0.2, -0.15) is 0 Å². The van der Waals surface area contributed by atoms with Gasteiger partial charge in [0.2, 0.25) is 0 Å². The third kappa shape index (κ3) is 35.9. The van der Waals surface area contributed by atoms with Gasteiger partial charge >= 0.3 is 11.9 Å². The average molecular weight is 667 g/mol. The summed E-state index contributed by atoms with van der Waals surface area (Å²) in [6.07, 6.45) is 52.2. The van der Waals surface area contributed by atoms with Crippen LogP contribution in [0.1, 0.15) is 155 Å². The summed E-state index contributed by atoms with van der Waals surface area (Å²) in [5, 5.41) is 9.53. The average Bonchev–Trinajstić information content (AvgIpc) is 3.09. The molecule has 0 spiro atoms. The molecule has 0 amide bonds. The zero-order valence-corrected chi connectivity index (χ0v) is 30.7. The number of unbranched alkanes of at least 4 members (excludes halogenated alkanes) is 11. The Morgan fingerprint density at radius 3 is 1.44 bits per heavy atom. The van der Waals surface area contributed by atoms with Crippen LogP contribution in [-0.2, 0) is 19.1 Å². The van der Waals surface area contributed by atoms with Gasteiger partial charge in [-0.05, 0) is 77.0 Å². The highest BCUT2D eigenvalue weighted by Gasteiger charge is 2.15. The van der Waals surface area contributed by atoms with Crippen molar-refractivity contribution in [3.05, 3.63) is 85.1 Å². The standard InChI is InChI=1S/C43H70O5/c1-3-5-7-9-11-13-15-17-19-20-21-22-24-25-27-29-31-33-35-37-42(45)47-40-41(39-44)48-43(46)38-36-34-32-30-28-26-23-18-16-14-12-10-8-6-4-2/h5,7,11,13,17-19,21-23,25,27,31,33,41,44H,3-4,6,8-10,12,14-16,20,24,26,28-30,32,34-40H2,1-2H3/t41-/m0/s1. The number of allylic oxidation sites excluding steroid dienone is 14. The molecule has 0 aromatic rings. The summed E-state index contributed by atoms with van der Waals surface area (Å²) >= 11 is 0. The molecule has 0 aliphatic rings. The molecule has 0 bridgehead atoms. The van der Waals surface area contributed by atoms with E-state index in [9.17, 15) is 14.7 Å². The van der Waals surface area contributed by atoms with Crippen LogP contribution in [-0.4, -0.2) is 36.4 Å². The van der Waals surface area contributed by atoms with E-state index in [1.165, 1.54) is 57.8 Å². The van der Waals surface area contributed by atoms with Gasteiger partial charge in [0.15, 0.2) is 6.10 Å². The Labute approximate surface area is 295 Å². The molecule has 0 aromatic heterocycles. The second-order valence-electron chi connectivity index (χ2n) is 12.3. The smallest absolute Gasteiger partial charge is 0.306 e. The van der Waals surface area contributed by atoms with Crippen LogP contribution in [0.25, 0.3) is 0 Å². The number of carbonyl (C=O) groups excluding carboxylic acids is 2. The van der Waals surface area contributed by atoms with Gasteiger partial charge in [0, 0.05) is 12.8 Å². The number of rotatable bonds is 33. The van der Waals surface area contributed by atoms with Crippen LogP contribution in [0.15, 0.2) is 85.1 Å². The zero-order valence-electron chi connectivity index (χ0n) is 30.7. The summed E-state index contributed by atoms with van der Waals surface area (Å²) in [7, 11) is 0. The minimum absolute atomic E-state index is 0.114. The highest BCUT2D eigenvalue weighted by molar-refractivity contribution is 5.70. The Balaban J connectivity index is 3.74. The predicted molar refractivity (Wildman–Crippen MR) is 205 cm³/mol. The number of hydrogen-bond donors (Lipinski definition) is 1. The number of hydrogen-bond acceptors (Lipinski definition) is 5. The summed E-state index contributed by atoms with van der Waals surface area (Å²) in [4.78, 5) is 24.2. The lowest BCUT2D eigenvalue weighted by Gasteiger charge is -2.15. The fourth-order valence-electron chi connectivity index (χ4n) is 4.81. The Morgan fingerprint density at radius 2 is 0.938 bits per heavy atom. The second-order valence-corrected chi connectivity index (χ2v) is 12.3. The molecule has 0 heterocycles. The number of aliphatic hydroxyl groups excluding tert-OH is 1. The fraction of sp³-hybridized carbons (Fsp3) is 0.628. The molecule has 5 heteroatoms. The van der Waals surface area contributed by atoms with Gasteiger partial charge in [-0.3, -0.25) is 9.59 Å². The fourth-order valence-corrected chi connectivity index (χ4v) is 4.81. The van der Waals surface area contributed by atoms with Crippen molar-refractivity contribution >= 4 is 11.9 Å². The molecule has 0 fully saturated rings. The van der Waals surface area contributed by atoms with Gasteiger partial charge in [0.1, 0.15) is 6.61 Å². The molecule has 0 aliphatic heterocycles. The van der Waals surface area contributed by atoms with Crippen LogP contribution in [0, 0.1) is 0 Å². The van der Waals surface area contributed by atoms with Crippen LogP contribution in [0.3, 0.4) is 0 Å². The zero-order chi connectivity index (χ0) is 35.0. The van der Waals surface area contributed by atoms with Crippen LogP contribution >= 0.6 is 0 Å². The van der Waals surface area contributed by atoms with Crippen LogP contribution < -0.4 is 0 Å². The Kier molecular flexibility index (Phi) is 36.2. The molecule has 0 rings (SSSR count). The van der Waals surface area contributed by atoms with Crippen molar-refractivity contribution in [2.75, 3.05) is 13.2 Å². The lowest BCUT2D eigenvalue weighted by atomic mass is 10.1. The van der Waals surface area contributed by atoms with Gasteiger partial charge in [0.25, 0.3) is 0 Å². The van der Waals surface area contributed by atoms with Crippen molar-refractivity contribution in [2.24, 2.45) is 0 Å². The summed E-state index contributed by atoms with van der Waals surface area (Å²) in [6.45, 7) is 3.92. The topological polar surface area (TPSA) is 72.8 Å². The van der Waals surface area contributed by atoms with E-state index in [1.54, 1.807) is 0 Å². The summed E-state index contributed by atoms with van der Waals surface area (Å²) in [6, 6.07) is 0. The first-order chi connectivity index (χ1) is 23.6. The largest absolute Gasteiger partial charge is 0.462 e. The van der Waals surface area contributed by atoms with Crippen molar-refractivity contribution < 1.29 is 24.2 Å². The summed E-state index contributed by atoms with van der Waals surface area (Å²) in [5.41, 5.74) is 0. The highest BCUT2D eigenvalue weighted by atomic mass is 16.6. The number of esters is 2. The predicted octanol–water partition coefficient (Wildman–Crippen LogP) is 11.9. The van der Waals surface area contributed by atoms with E-state index in [0.29, 0.717) is 12.8 Å². The molecule has 272 valence electrons. The van der Waals surface area contributed by atoms with Crippen molar-refractivity contribution in [3.8, 4) is 0 Å². The van der Waals surface area contributed by atoms with Crippen molar-refractivity contribution in [1.29, 1.82) is 0 Å². The van der Waals surface area contributed by atoms with E-state index in [2.05, 4.69) is 86.8 Å². The van der Waals surface area contributed by atoms with E-state index in [1.807, 2.05) is 12.2 Å². The molecule has 0 aliphatic carbocycles. The first-order valence-electron chi connectivity index (χ1n) is 19.1. The van der Waals surface area contributed by atoms with Crippen LogP contribution in [0.2, 0.25) is 0 Å². The summed E-state index contributed by atoms with van der Waals surface area (Å²) in [5.74, 6) is -0.706. The van der Waals surface area contributed by atoms with Gasteiger partial charge in [-0.1, -0.05) is 150 Å². The van der Waals surface area contributed by atoms with Crippen molar-refractivity contribution in [2.45, 2.75) is 161 Å². The van der Waals surface area contributed by atoms with E-state index in [4.69, 9.17) is 9.47 Å². The lowest BCUT2D eigenvalue weighted by Crippen LogP contribution is -2.28. The monoisotopic (exact) mass is 667 g/mol. The minimum Gasteiger partial charge on any atom is -0.462 e. The Hall–Kier alpha value is -2.92. The molecule has 0 aromatic carbocycles. The molecule has 5 nitrogen and oxygen atoms in total. The maximum absolute atomic E-state index is 12.1. The van der Waals surface area contributed by atoms with Crippen molar-refractivity contribution in [1.82, 2.24) is 0 Å². The normalized spacial score (nSPS) is 13.1. The van der Waals surface area contributed by atoms with E-state index in [0.717, 1.165) is 64.2 Å². The maximum atomic E-state index is 12.1. The van der Waals surface area contributed by atoms with Gasteiger partial charge in [-0.25, -0.2) is 0 Å². The highest BCUT2D eigenvalue weighted by Crippen LogP contribution is 2.11. The lowest BCUT2D eigenvalue weighted by molar-refractivity contribution is -0.161.